The van der Waals surface area contributed by atoms with Gasteiger partial charge in [-0.3, -0.25) is 4.79 Å². The van der Waals surface area contributed by atoms with E-state index >= 15 is 0 Å². The van der Waals surface area contributed by atoms with E-state index in [4.69, 9.17) is 5.11 Å². The number of rotatable bonds is 2. The van der Waals surface area contributed by atoms with Gasteiger partial charge in [-0.15, -0.1) is 0 Å². The van der Waals surface area contributed by atoms with E-state index in [0.29, 0.717) is 19.1 Å². The zero-order chi connectivity index (χ0) is 14.8. The average Bonchev–Trinajstić information content (AvgIpc) is 2.27. The predicted molar refractivity (Wildman–Crippen MR) is 73.2 cm³/mol. The Balaban J connectivity index is 2.80. The van der Waals surface area contributed by atoms with Crippen molar-refractivity contribution in [3.05, 3.63) is 0 Å². The van der Waals surface area contributed by atoms with Crippen LogP contribution in [0.25, 0.3) is 0 Å². The second-order valence-corrected chi connectivity index (χ2v) is 6.21. The van der Waals surface area contributed by atoms with Gasteiger partial charge in [0.25, 0.3) is 0 Å². The molecular formula is C13H25N3O3. The number of hydrogen-bond donors (Lipinski definition) is 1. The fourth-order valence-electron chi connectivity index (χ4n) is 2.12. The molecule has 1 rings (SSSR count). The number of carbonyl (C=O) groups is 2. The molecule has 1 fully saturated rings. The number of carbonyl (C=O) groups excluding carboxylic acids is 1. The summed E-state index contributed by atoms with van der Waals surface area (Å²) in [6, 6.07) is 0.110. The monoisotopic (exact) mass is 271 g/mol. The first kappa shape index (κ1) is 15.8. The van der Waals surface area contributed by atoms with Gasteiger partial charge in [-0.1, -0.05) is 0 Å². The highest BCUT2D eigenvalue weighted by Crippen LogP contribution is 2.17. The topological polar surface area (TPSA) is 64.1 Å². The highest BCUT2D eigenvalue weighted by Gasteiger charge is 2.34. The fraction of sp³-hybridized carbons (Fsp3) is 0.846. The number of hydrogen-bond acceptors (Lipinski definition) is 3. The van der Waals surface area contributed by atoms with Crippen molar-refractivity contribution in [1.82, 2.24) is 14.7 Å². The van der Waals surface area contributed by atoms with Gasteiger partial charge < -0.3 is 19.8 Å². The number of carboxylic acid groups (broad SMARTS) is 1. The van der Waals surface area contributed by atoms with Gasteiger partial charge in [-0.2, -0.15) is 0 Å². The molecule has 6 heteroatoms. The molecule has 0 aromatic carbocycles. The van der Waals surface area contributed by atoms with Gasteiger partial charge in [0.2, 0.25) is 0 Å². The lowest BCUT2D eigenvalue weighted by Crippen LogP contribution is -2.59. The molecule has 0 aliphatic carbocycles. The molecule has 1 heterocycles. The summed E-state index contributed by atoms with van der Waals surface area (Å²) < 4.78 is 0. The first-order chi connectivity index (χ1) is 8.62. The zero-order valence-corrected chi connectivity index (χ0v) is 12.5. The van der Waals surface area contributed by atoms with Crippen molar-refractivity contribution in [2.45, 2.75) is 39.3 Å². The van der Waals surface area contributed by atoms with Crippen molar-refractivity contribution in [2.24, 2.45) is 0 Å². The van der Waals surface area contributed by atoms with Crippen molar-refractivity contribution < 1.29 is 14.7 Å². The Morgan fingerprint density at radius 1 is 1.32 bits per heavy atom. The van der Waals surface area contributed by atoms with Crippen molar-refractivity contribution in [3.63, 3.8) is 0 Å². The van der Waals surface area contributed by atoms with Crippen molar-refractivity contribution >= 4 is 12.0 Å². The molecule has 0 saturated carbocycles. The summed E-state index contributed by atoms with van der Waals surface area (Å²) in [5, 5.41) is 8.97. The number of piperazine rings is 1. The van der Waals surface area contributed by atoms with Crippen LogP contribution in [0.1, 0.15) is 27.7 Å². The first-order valence-corrected chi connectivity index (χ1v) is 6.61. The largest absolute Gasteiger partial charge is 0.480 e. The summed E-state index contributed by atoms with van der Waals surface area (Å²) in [6.07, 6.45) is 0. The van der Waals surface area contributed by atoms with Crippen LogP contribution in [-0.2, 0) is 4.79 Å². The number of nitrogens with zero attached hydrogens (tertiary/aromatic N) is 3. The SMILES string of the molecule is CC1CN(C(=O)N(CC(=O)O)C(C)(C)C)CCN1C. The van der Waals surface area contributed by atoms with E-state index in [9.17, 15) is 9.59 Å². The molecule has 6 nitrogen and oxygen atoms in total. The van der Waals surface area contributed by atoms with E-state index in [2.05, 4.69) is 11.8 Å². The van der Waals surface area contributed by atoms with E-state index in [1.807, 2.05) is 27.8 Å². The maximum absolute atomic E-state index is 12.5. The Morgan fingerprint density at radius 2 is 1.89 bits per heavy atom. The summed E-state index contributed by atoms with van der Waals surface area (Å²) >= 11 is 0. The number of likely N-dealkylation sites (N-methyl/N-ethyl adjacent to an activating group) is 1. The molecule has 110 valence electrons. The van der Waals surface area contributed by atoms with Crippen LogP contribution in [-0.4, -0.2) is 76.6 Å². The Hall–Kier alpha value is -1.30. The van der Waals surface area contributed by atoms with Crippen LogP contribution in [0.2, 0.25) is 0 Å². The summed E-state index contributed by atoms with van der Waals surface area (Å²) in [5.41, 5.74) is -0.498. The van der Waals surface area contributed by atoms with Gasteiger partial charge in [0.15, 0.2) is 0 Å². The number of amides is 2. The van der Waals surface area contributed by atoms with Crippen molar-refractivity contribution in [3.8, 4) is 0 Å². The van der Waals surface area contributed by atoms with Crippen LogP contribution in [0, 0.1) is 0 Å². The first-order valence-electron chi connectivity index (χ1n) is 6.61. The zero-order valence-electron chi connectivity index (χ0n) is 12.5. The Labute approximate surface area is 115 Å². The van der Waals surface area contributed by atoms with Gasteiger partial charge in [0, 0.05) is 31.2 Å². The normalized spacial score (nSPS) is 21.3. The number of carboxylic acids is 1. The molecule has 1 atom stereocenters. The van der Waals surface area contributed by atoms with E-state index in [1.165, 1.54) is 4.90 Å². The Bertz CT molecular complexity index is 352. The second kappa shape index (κ2) is 5.77. The highest BCUT2D eigenvalue weighted by atomic mass is 16.4. The predicted octanol–water partition coefficient (Wildman–Crippen LogP) is 0.927. The Kier molecular flexibility index (Phi) is 4.79. The summed E-state index contributed by atoms with van der Waals surface area (Å²) in [5.74, 6) is -0.981. The van der Waals surface area contributed by atoms with Crippen LogP contribution in [0.5, 0.6) is 0 Å². The molecule has 0 aromatic rings. The lowest BCUT2D eigenvalue weighted by Gasteiger charge is -2.43. The van der Waals surface area contributed by atoms with Gasteiger partial charge >= 0.3 is 12.0 Å². The molecule has 1 saturated heterocycles. The van der Waals surface area contributed by atoms with Crippen LogP contribution < -0.4 is 0 Å². The van der Waals surface area contributed by atoms with E-state index in [-0.39, 0.29) is 12.6 Å². The number of urea groups is 1. The van der Waals surface area contributed by atoms with E-state index in [1.54, 1.807) is 4.90 Å². The van der Waals surface area contributed by atoms with Gasteiger partial charge in [-0.25, -0.2) is 4.79 Å². The van der Waals surface area contributed by atoms with Gasteiger partial charge in [-0.05, 0) is 34.7 Å². The molecule has 19 heavy (non-hydrogen) atoms. The van der Waals surface area contributed by atoms with Crippen LogP contribution >= 0.6 is 0 Å². The standard InChI is InChI=1S/C13H25N3O3/c1-10-8-15(7-6-14(10)5)12(19)16(9-11(17)18)13(2,3)4/h10H,6-9H2,1-5H3,(H,17,18). The molecule has 0 aromatic heterocycles. The minimum Gasteiger partial charge on any atom is -0.480 e. The van der Waals surface area contributed by atoms with E-state index in [0.717, 1.165) is 6.54 Å². The summed E-state index contributed by atoms with van der Waals surface area (Å²) in [4.78, 5) is 28.8. The average molecular weight is 271 g/mol. The van der Waals surface area contributed by atoms with Crippen LogP contribution in [0.15, 0.2) is 0 Å². The van der Waals surface area contributed by atoms with Gasteiger partial charge in [0.1, 0.15) is 6.54 Å². The van der Waals surface area contributed by atoms with Crippen molar-refractivity contribution in [2.75, 3.05) is 33.2 Å². The second-order valence-electron chi connectivity index (χ2n) is 6.21. The summed E-state index contributed by atoms with van der Waals surface area (Å²) in [6.45, 7) is 9.47. The number of aliphatic carboxylic acids is 1. The van der Waals surface area contributed by atoms with Crippen LogP contribution in [0.4, 0.5) is 4.79 Å². The molecule has 1 aliphatic heterocycles. The van der Waals surface area contributed by atoms with Crippen molar-refractivity contribution in [1.29, 1.82) is 0 Å². The lowest BCUT2D eigenvalue weighted by molar-refractivity contribution is -0.138. The molecule has 1 N–H and O–H groups in total. The minimum absolute atomic E-state index is 0.185. The third-order valence-corrected chi connectivity index (χ3v) is 3.56. The van der Waals surface area contributed by atoms with Crippen LogP contribution in [0.3, 0.4) is 0 Å². The van der Waals surface area contributed by atoms with E-state index < -0.39 is 11.5 Å². The highest BCUT2D eigenvalue weighted by molar-refractivity contribution is 5.81. The molecule has 1 unspecified atom stereocenters. The quantitative estimate of drug-likeness (QED) is 0.811. The third-order valence-electron chi connectivity index (χ3n) is 3.56. The maximum atomic E-state index is 12.5. The molecule has 0 spiro atoms. The summed E-state index contributed by atoms with van der Waals surface area (Å²) in [7, 11) is 2.03. The Morgan fingerprint density at radius 3 is 2.32 bits per heavy atom. The maximum Gasteiger partial charge on any atom is 0.323 e. The molecular weight excluding hydrogens is 246 g/mol. The molecule has 2 amide bonds. The smallest absolute Gasteiger partial charge is 0.323 e. The molecule has 0 radical (unpaired) electrons. The minimum atomic E-state index is -0.981. The molecule has 0 bridgehead atoms. The molecule has 1 aliphatic rings. The fourth-order valence-corrected chi connectivity index (χ4v) is 2.12. The van der Waals surface area contributed by atoms with Gasteiger partial charge in [0.05, 0.1) is 0 Å². The lowest BCUT2D eigenvalue weighted by atomic mass is 10.1. The third kappa shape index (κ3) is 4.09.